The Labute approximate surface area is 113 Å². The molecule has 18 heavy (non-hydrogen) atoms. The Morgan fingerprint density at radius 2 is 2.06 bits per heavy atom. The molecule has 0 saturated heterocycles. The van der Waals surface area contributed by atoms with Gasteiger partial charge in [-0.15, -0.1) is 6.42 Å². The minimum absolute atomic E-state index is 0.747. The average Bonchev–Trinajstić information content (AvgIpc) is 3.06. The second-order valence-corrected chi connectivity index (χ2v) is 6.53. The van der Waals surface area contributed by atoms with E-state index < -0.39 is 0 Å². The predicted octanol–water partition coefficient (Wildman–Crippen LogP) is 2.36. The summed E-state index contributed by atoms with van der Waals surface area (Å²) < 4.78 is 0. The molecule has 0 radical (unpaired) electrons. The lowest BCUT2D eigenvalue weighted by molar-refractivity contribution is 0.0688. The van der Waals surface area contributed by atoms with Gasteiger partial charge in [0.25, 0.3) is 0 Å². The van der Waals surface area contributed by atoms with Gasteiger partial charge in [-0.2, -0.15) is 0 Å². The number of hydrogen-bond donors (Lipinski definition) is 1. The molecule has 0 aliphatic heterocycles. The summed E-state index contributed by atoms with van der Waals surface area (Å²) in [5.74, 6) is 5.37. The van der Waals surface area contributed by atoms with Gasteiger partial charge >= 0.3 is 0 Å². The maximum atomic E-state index is 5.52. The molecule has 0 bridgehead atoms. The van der Waals surface area contributed by atoms with Gasteiger partial charge in [-0.25, -0.2) is 0 Å². The molecule has 2 saturated carbocycles. The van der Waals surface area contributed by atoms with E-state index in [-0.39, 0.29) is 0 Å². The van der Waals surface area contributed by atoms with Gasteiger partial charge in [0, 0.05) is 12.6 Å². The van der Waals surface area contributed by atoms with Crippen molar-refractivity contribution in [2.45, 2.75) is 45.6 Å². The molecule has 2 rings (SSSR count). The van der Waals surface area contributed by atoms with Gasteiger partial charge in [0.2, 0.25) is 0 Å². The first-order valence-electron chi connectivity index (χ1n) is 7.59. The highest BCUT2D eigenvalue weighted by molar-refractivity contribution is 4.97. The molecule has 2 heteroatoms. The standard InChI is InChI=1S/C16H28N2/c1-4-9-18(12-14-5-6-14)16-8-7-15(16)11-17-10-13(2)3/h1,13-17H,5-12H2,2-3H3. The van der Waals surface area contributed by atoms with Gasteiger partial charge in [0.15, 0.2) is 0 Å². The number of nitrogens with zero attached hydrogens (tertiary/aromatic N) is 1. The van der Waals surface area contributed by atoms with Gasteiger partial charge in [0.05, 0.1) is 6.54 Å². The van der Waals surface area contributed by atoms with Crippen LogP contribution < -0.4 is 5.32 Å². The predicted molar refractivity (Wildman–Crippen MR) is 77.3 cm³/mol. The van der Waals surface area contributed by atoms with Crippen LogP contribution in [0.2, 0.25) is 0 Å². The second-order valence-electron chi connectivity index (χ2n) is 6.53. The monoisotopic (exact) mass is 248 g/mol. The summed E-state index contributed by atoms with van der Waals surface area (Å²) in [4.78, 5) is 2.57. The largest absolute Gasteiger partial charge is 0.316 e. The maximum absolute atomic E-state index is 5.52. The zero-order chi connectivity index (χ0) is 13.0. The third kappa shape index (κ3) is 4.00. The van der Waals surface area contributed by atoms with Gasteiger partial charge < -0.3 is 5.32 Å². The van der Waals surface area contributed by atoms with Gasteiger partial charge in [0.1, 0.15) is 0 Å². The zero-order valence-corrected chi connectivity index (χ0v) is 12.0. The Bertz CT molecular complexity index is 288. The summed E-state index contributed by atoms with van der Waals surface area (Å²) in [7, 11) is 0. The minimum Gasteiger partial charge on any atom is -0.316 e. The fourth-order valence-electron chi connectivity index (χ4n) is 2.89. The Morgan fingerprint density at radius 1 is 1.28 bits per heavy atom. The number of rotatable bonds is 8. The molecule has 102 valence electrons. The molecule has 2 aliphatic carbocycles. The highest BCUT2D eigenvalue weighted by Crippen LogP contribution is 2.36. The molecule has 0 spiro atoms. The van der Waals surface area contributed by atoms with Crippen molar-refractivity contribution in [3.05, 3.63) is 0 Å². The Balaban J connectivity index is 1.73. The smallest absolute Gasteiger partial charge is 0.0601 e. The maximum Gasteiger partial charge on any atom is 0.0601 e. The van der Waals surface area contributed by atoms with E-state index in [1.54, 1.807) is 0 Å². The molecule has 2 unspecified atom stereocenters. The van der Waals surface area contributed by atoms with Crippen LogP contribution >= 0.6 is 0 Å². The Kier molecular flexibility index (Phi) is 5.09. The molecule has 2 aliphatic rings. The van der Waals surface area contributed by atoms with E-state index in [1.165, 1.54) is 38.8 Å². The van der Waals surface area contributed by atoms with Crippen LogP contribution in [-0.4, -0.2) is 37.1 Å². The van der Waals surface area contributed by atoms with Crippen LogP contribution in [0.3, 0.4) is 0 Å². The summed E-state index contributed by atoms with van der Waals surface area (Å²) in [5, 5.41) is 3.60. The molecule has 2 nitrogen and oxygen atoms in total. The van der Waals surface area contributed by atoms with Crippen molar-refractivity contribution >= 4 is 0 Å². The summed E-state index contributed by atoms with van der Waals surface area (Å²) in [6.07, 6.45) is 11.1. The fourth-order valence-corrected chi connectivity index (χ4v) is 2.89. The quantitative estimate of drug-likeness (QED) is 0.663. The number of hydrogen-bond acceptors (Lipinski definition) is 2. The van der Waals surface area contributed by atoms with E-state index in [0.29, 0.717) is 0 Å². The van der Waals surface area contributed by atoms with Crippen molar-refractivity contribution in [2.24, 2.45) is 17.8 Å². The highest BCUT2D eigenvalue weighted by atomic mass is 15.2. The van der Waals surface area contributed by atoms with Crippen molar-refractivity contribution in [3.63, 3.8) is 0 Å². The molecule has 0 heterocycles. The topological polar surface area (TPSA) is 15.3 Å². The molecule has 2 fully saturated rings. The molecule has 1 N–H and O–H groups in total. The van der Waals surface area contributed by atoms with Gasteiger partial charge in [-0.1, -0.05) is 19.8 Å². The van der Waals surface area contributed by atoms with Crippen molar-refractivity contribution in [3.8, 4) is 12.3 Å². The van der Waals surface area contributed by atoms with E-state index in [4.69, 9.17) is 6.42 Å². The molecule has 0 aromatic heterocycles. The Morgan fingerprint density at radius 3 is 2.56 bits per heavy atom. The van der Waals surface area contributed by atoms with Crippen LogP contribution in [0.25, 0.3) is 0 Å². The SMILES string of the molecule is C#CCN(CC1CC1)C1CCC1CNCC(C)C. The van der Waals surface area contributed by atoms with E-state index in [0.717, 1.165) is 36.9 Å². The van der Waals surface area contributed by atoms with E-state index in [2.05, 4.69) is 30.0 Å². The molecular weight excluding hydrogens is 220 g/mol. The molecule has 2 atom stereocenters. The number of nitrogens with one attached hydrogen (secondary N) is 1. The highest BCUT2D eigenvalue weighted by Gasteiger charge is 2.37. The number of terminal acetylenes is 1. The van der Waals surface area contributed by atoms with Crippen LogP contribution in [-0.2, 0) is 0 Å². The average molecular weight is 248 g/mol. The first-order chi connectivity index (χ1) is 8.70. The summed E-state index contributed by atoms with van der Waals surface area (Å²) in [6.45, 7) is 8.94. The molecule has 0 aromatic carbocycles. The normalized spacial score (nSPS) is 27.3. The first kappa shape index (κ1) is 13.9. The molecule has 0 aromatic rings. The lowest BCUT2D eigenvalue weighted by atomic mass is 9.78. The minimum atomic E-state index is 0.747. The van der Waals surface area contributed by atoms with Crippen LogP contribution in [0, 0.1) is 30.1 Å². The van der Waals surface area contributed by atoms with Gasteiger partial charge in [-0.05, 0) is 56.5 Å². The van der Waals surface area contributed by atoms with Crippen molar-refractivity contribution in [1.29, 1.82) is 0 Å². The Hall–Kier alpha value is -0.520. The van der Waals surface area contributed by atoms with Crippen LogP contribution in [0.5, 0.6) is 0 Å². The third-order valence-electron chi connectivity index (χ3n) is 4.29. The van der Waals surface area contributed by atoms with Crippen molar-refractivity contribution in [1.82, 2.24) is 10.2 Å². The van der Waals surface area contributed by atoms with Gasteiger partial charge in [-0.3, -0.25) is 4.90 Å². The van der Waals surface area contributed by atoms with Crippen molar-refractivity contribution in [2.75, 3.05) is 26.2 Å². The summed E-state index contributed by atoms with van der Waals surface area (Å²) >= 11 is 0. The summed E-state index contributed by atoms with van der Waals surface area (Å²) in [6, 6.07) is 0.751. The second kappa shape index (κ2) is 6.59. The third-order valence-corrected chi connectivity index (χ3v) is 4.29. The van der Waals surface area contributed by atoms with Crippen LogP contribution in [0.1, 0.15) is 39.5 Å². The lowest BCUT2D eigenvalue weighted by Gasteiger charge is -2.44. The lowest BCUT2D eigenvalue weighted by Crippen LogP contribution is -2.51. The van der Waals surface area contributed by atoms with E-state index >= 15 is 0 Å². The van der Waals surface area contributed by atoms with Crippen LogP contribution in [0.15, 0.2) is 0 Å². The first-order valence-corrected chi connectivity index (χ1v) is 7.59. The van der Waals surface area contributed by atoms with E-state index in [9.17, 15) is 0 Å². The molecular formula is C16H28N2. The van der Waals surface area contributed by atoms with Crippen LogP contribution in [0.4, 0.5) is 0 Å². The molecule has 0 amide bonds. The summed E-state index contributed by atoms with van der Waals surface area (Å²) in [5.41, 5.74) is 0. The van der Waals surface area contributed by atoms with E-state index in [1.807, 2.05) is 0 Å². The van der Waals surface area contributed by atoms with Crippen molar-refractivity contribution < 1.29 is 0 Å². The zero-order valence-electron chi connectivity index (χ0n) is 12.0. The fraction of sp³-hybridized carbons (Fsp3) is 0.875.